The van der Waals surface area contributed by atoms with E-state index in [0.29, 0.717) is 45.7 Å². The molecule has 2 aromatic carbocycles. The van der Waals surface area contributed by atoms with Crippen LogP contribution in [0.5, 0.6) is 11.5 Å². The summed E-state index contributed by atoms with van der Waals surface area (Å²) in [6, 6.07) is 12.1. The fourth-order valence-electron chi connectivity index (χ4n) is 3.02. The molecule has 2 amide bonds. The Morgan fingerprint density at radius 2 is 1.88 bits per heavy atom. The summed E-state index contributed by atoms with van der Waals surface area (Å²) in [6.45, 7) is 1.91. The number of amides is 2. The Morgan fingerprint density at radius 1 is 1.06 bits per heavy atom. The van der Waals surface area contributed by atoms with E-state index in [9.17, 15) is 9.59 Å². The van der Waals surface area contributed by atoms with Crippen LogP contribution in [0.2, 0.25) is 0 Å². The van der Waals surface area contributed by atoms with Crippen molar-refractivity contribution >= 4 is 17.5 Å². The van der Waals surface area contributed by atoms with Crippen LogP contribution in [-0.2, 0) is 16.1 Å². The van der Waals surface area contributed by atoms with Crippen molar-refractivity contribution in [3.8, 4) is 23.0 Å². The number of nitrogens with zero attached hydrogens (tertiary/aromatic N) is 1. The molecule has 0 spiro atoms. The topological polar surface area (TPSA) is 112 Å². The van der Waals surface area contributed by atoms with Crippen LogP contribution in [0, 0.1) is 6.92 Å². The van der Waals surface area contributed by atoms with Gasteiger partial charge in [0.25, 0.3) is 5.91 Å². The normalized spacial score (nSPS) is 10.5. The summed E-state index contributed by atoms with van der Waals surface area (Å²) < 4.78 is 21.1. The zero-order valence-electron chi connectivity index (χ0n) is 18.4. The van der Waals surface area contributed by atoms with Gasteiger partial charge in [-0.25, -0.2) is 4.98 Å². The summed E-state index contributed by atoms with van der Waals surface area (Å²) in [5.74, 6) is 1.40. The van der Waals surface area contributed by atoms with Crippen molar-refractivity contribution in [1.82, 2.24) is 10.3 Å². The maximum Gasteiger partial charge on any atom is 0.255 e. The summed E-state index contributed by atoms with van der Waals surface area (Å²) in [5, 5.41) is 5.57. The van der Waals surface area contributed by atoms with E-state index in [2.05, 4.69) is 15.6 Å². The summed E-state index contributed by atoms with van der Waals surface area (Å²) in [7, 11) is 4.49. The lowest BCUT2D eigenvalue weighted by atomic mass is 10.1. The van der Waals surface area contributed by atoms with Gasteiger partial charge in [0.2, 0.25) is 11.8 Å². The fourth-order valence-corrected chi connectivity index (χ4v) is 3.02. The van der Waals surface area contributed by atoms with Crippen LogP contribution in [0.4, 0.5) is 5.69 Å². The Labute approximate surface area is 185 Å². The number of oxazole rings is 1. The van der Waals surface area contributed by atoms with Gasteiger partial charge in [-0.05, 0) is 37.3 Å². The van der Waals surface area contributed by atoms with Crippen molar-refractivity contribution in [1.29, 1.82) is 0 Å². The molecule has 0 aliphatic rings. The van der Waals surface area contributed by atoms with E-state index in [1.165, 1.54) is 14.2 Å². The fraction of sp³-hybridized carbons (Fsp3) is 0.261. The number of carbonyl (C=O) groups is 2. The third-order valence-corrected chi connectivity index (χ3v) is 4.63. The first-order valence-electron chi connectivity index (χ1n) is 9.81. The van der Waals surface area contributed by atoms with Gasteiger partial charge in [0, 0.05) is 24.4 Å². The molecule has 168 valence electrons. The van der Waals surface area contributed by atoms with Gasteiger partial charge in [0.05, 0.1) is 26.3 Å². The van der Waals surface area contributed by atoms with Crippen molar-refractivity contribution in [2.45, 2.75) is 13.5 Å². The van der Waals surface area contributed by atoms with Crippen LogP contribution in [0.1, 0.15) is 21.8 Å². The van der Waals surface area contributed by atoms with E-state index >= 15 is 0 Å². The number of benzene rings is 2. The van der Waals surface area contributed by atoms with Gasteiger partial charge < -0.3 is 29.3 Å². The van der Waals surface area contributed by atoms with E-state index in [4.69, 9.17) is 18.6 Å². The second-order valence-corrected chi connectivity index (χ2v) is 6.83. The molecule has 0 saturated carbocycles. The van der Waals surface area contributed by atoms with E-state index in [0.717, 1.165) is 0 Å². The number of hydrogen-bond acceptors (Lipinski definition) is 7. The molecule has 0 radical (unpaired) electrons. The molecular formula is C23H25N3O6. The second-order valence-electron chi connectivity index (χ2n) is 6.83. The lowest BCUT2D eigenvalue weighted by Gasteiger charge is -2.10. The first-order chi connectivity index (χ1) is 15.4. The minimum absolute atomic E-state index is 0.0365. The second kappa shape index (κ2) is 10.5. The number of aromatic nitrogens is 1. The molecule has 0 saturated heterocycles. The molecule has 9 heteroatoms. The number of rotatable bonds is 9. The molecule has 0 unspecified atom stereocenters. The molecular weight excluding hydrogens is 414 g/mol. The highest BCUT2D eigenvalue weighted by atomic mass is 16.5. The lowest BCUT2D eigenvalue weighted by Crippen LogP contribution is -2.23. The number of hydrogen-bond donors (Lipinski definition) is 2. The van der Waals surface area contributed by atoms with Crippen molar-refractivity contribution in [2.24, 2.45) is 0 Å². The van der Waals surface area contributed by atoms with E-state index in [1.807, 2.05) is 6.07 Å². The predicted molar refractivity (Wildman–Crippen MR) is 118 cm³/mol. The molecule has 1 heterocycles. The van der Waals surface area contributed by atoms with Gasteiger partial charge >= 0.3 is 0 Å². The third-order valence-electron chi connectivity index (χ3n) is 4.63. The minimum atomic E-state index is -0.309. The Bertz CT molecular complexity index is 1110. The minimum Gasteiger partial charge on any atom is -0.497 e. The van der Waals surface area contributed by atoms with Crippen molar-refractivity contribution in [3.63, 3.8) is 0 Å². The largest absolute Gasteiger partial charge is 0.497 e. The molecule has 0 aliphatic carbocycles. The van der Waals surface area contributed by atoms with Crippen LogP contribution in [-0.4, -0.2) is 44.7 Å². The maximum absolute atomic E-state index is 12.6. The number of ether oxygens (including phenoxy) is 3. The molecule has 32 heavy (non-hydrogen) atoms. The van der Waals surface area contributed by atoms with Gasteiger partial charge in [-0.1, -0.05) is 6.07 Å². The zero-order valence-corrected chi connectivity index (χ0v) is 18.4. The van der Waals surface area contributed by atoms with Crippen LogP contribution < -0.4 is 20.1 Å². The van der Waals surface area contributed by atoms with Crippen molar-refractivity contribution in [3.05, 3.63) is 59.5 Å². The molecule has 0 atom stereocenters. The molecule has 2 N–H and O–H groups in total. The quantitative estimate of drug-likeness (QED) is 0.527. The van der Waals surface area contributed by atoms with E-state index in [-0.39, 0.29) is 25.0 Å². The van der Waals surface area contributed by atoms with Gasteiger partial charge in [0.15, 0.2) is 0 Å². The van der Waals surface area contributed by atoms with Gasteiger partial charge in [-0.3, -0.25) is 9.59 Å². The summed E-state index contributed by atoms with van der Waals surface area (Å²) in [6.07, 6.45) is 0. The lowest BCUT2D eigenvalue weighted by molar-refractivity contribution is -0.119. The molecule has 3 rings (SSSR count). The average molecular weight is 439 g/mol. The summed E-state index contributed by atoms with van der Waals surface area (Å²) >= 11 is 0. The van der Waals surface area contributed by atoms with Crippen molar-refractivity contribution in [2.75, 3.05) is 33.3 Å². The highest BCUT2D eigenvalue weighted by Crippen LogP contribution is 2.26. The molecule has 0 bridgehead atoms. The Hall–Kier alpha value is -3.85. The number of aryl methyl sites for hydroxylation is 1. The number of methoxy groups -OCH3 is 3. The Balaban J connectivity index is 1.71. The molecule has 3 aromatic rings. The first-order valence-corrected chi connectivity index (χ1v) is 9.81. The van der Waals surface area contributed by atoms with Gasteiger partial charge in [-0.15, -0.1) is 0 Å². The standard InChI is InChI=1S/C23H25N3O6/c1-14-19(12-24-22(28)18-9-8-17(30-3)11-20(18)31-4)26-23(32-14)15-6-5-7-16(10-15)25-21(27)13-29-2/h5-11H,12-13H2,1-4H3,(H,24,28)(H,25,27). The number of carbonyl (C=O) groups excluding carboxylic acids is 2. The van der Waals surface area contributed by atoms with E-state index in [1.54, 1.807) is 50.4 Å². The van der Waals surface area contributed by atoms with Crippen LogP contribution in [0.3, 0.4) is 0 Å². The maximum atomic E-state index is 12.6. The third kappa shape index (κ3) is 5.44. The highest BCUT2D eigenvalue weighted by molar-refractivity contribution is 5.97. The molecule has 0 aliphatic heterocycles. The van der Waals surface area contributed by atoms with Crippen LogP contribution >= 0.6 is 0 Å². The van der Waals surface area contributed by atoms with Crippen LogP contribution in [0.15, 0.2) is 46.9 Å². The van der Waals surface area contributed by atoms with E-state index < -0.39 is 0 Å². The SMILES string of the molecule is COCC(=O)Nc1cccc(-c2nc(CNC(=O)c3ccc(OC)cc3OC)c(C)o2)c1. The van der Waals surface area contributed by atoms with Gasteiger partial charge in [-0.2, -0.15) is 0 Å². The molecule has 9 nitrogen and oxygen atoms in total. The average Bonchev–Trinajstić information content (AvgIpc) is 3.17. The van der Waals surface area contributed by atoms with Gasteiger partial charge in [0.1, 0.15) is 29.6 Å². The van der Waals surface area contributed by atoms with Crippen molar-refractivity contribution < 1.29 is 28.2 Å². The predicted octanol–water partition coefficient (Wildman–Crippen LogP) is 3.18. The highest BCUT2D eigenvalue weighted by Gasteiger charge is 2.16. The monoisotopic (exact) mass is 439 g/mol. The molecule has 1 aromatic heterocycles. The Morgan fingerprint density at radius 3 is 2.59 bits per heavy atom. The summed E-state index contributed by atoms with van der Waals surface area (Å²) in [5.41, 5.74) is 2.27. The zero-order chi connectivity index (χ0) is 23.1. The van der Waals surface area contributed by atoms with Crippen LogP contribution in [0.25, 0.3) is 11.5 Å². The first kappa shape index (κ1) is 22.8. The number of anilines is 1. The Kier molecular flexibility index (Phi) is 7.45. The number of nitrogens with one attached hydrogen (secondary N) is 2. The smallest absolute Gasteiger partial charge is 0.255 e. The summed E-state index contributed by atoms with van der Waals surface area (Å²) in [4.78, 5) is 28.9. The molecule has 0 fully saturated rings.